The van der Waals surface area contributed by atoms with E-state index in [0.29, 0.717) is 13.0 Å². The maximum absolute atomic E-state index is 12.0. The molecule has 1 saturated carbocycles. The number of likely N-dealkylation sites (N-methyl/N-ethyl adjacent to an activating group) is 1. The minimum atomic E-state index is -3.22. The summed E-state index contributed by atoms with van der Waals surface area (Å²) in [5, 5.41) is 0.770. The standard InChI is InChI=1S/C26H35ClN2O3S/c1-3-4-18-33(30,31)28-15-17-32-23-11-6-20-12-16-29(2)25(24(20)19-23)26(13-5-14-26)21-7-9-22(27)10-8-21/h6-11,19,25,28H,3-5,12-18H2,1-2H3. The highest BCUT2D eigenvalue weighted by atomic mass is 35.5. The van der Waals surface area contributed by atoms with Gasteiger partial charge in [0.2, 0.25) is 10.0 Å². The minimum absolute atomic E-state index is 0.0854. The number of nitrogens with one attached hydrogen (secondary N) is 1. The van der Waals surface area contributed by atoms with Crippen molar-refractivity contribution in [3.63, 3.8) is 0 Å². The summed E-state index contributed by atoms with van der Waals surface area (Å²) in [5.74, 6) is 0.968. The Kier molecular flexibility index (Phi) is 7.69. The molecule has 5 nitrogen and oxygen atoms in total. The average Bonchev–Trinajstić information content (AvgIpc) is 2.77. The molecule has 33 heavy (non-hydrogen) atoms. The van der Waals surface area contributed by atoms with Crippen LogP contribution >= 0.6 is 11.6 Å². The molecule has 180 valence electrons. The van der Waals surface area contributed by atoms with E-state index in [1.807, 2.05) is 25.1 Å². The van der Waals surface area contributed by atoms with Crippen molar-refractivity contribution in [3.8, 4) is 5.75 Å². The molecule has 1 atom stereocenters. The van der Waals surface area contributed by atoms with Crippen LogP contribution in [0.1, 0.15) is 61.8 Å². The van der Waals surface area contributed by atoms with Gasteiger partial charge in [-0.1, -0.05) is 49.6 Å². The second-order valence-corrected chi connectivity index (χ2v) is 11.8. The zero-order chi connectivity index (χ0) is 23.5. The van der Waals surface area contributed by atoms with Crippen LogP contribution in [0.4, 0.5) is 0 Å². The lowest BCUT2D eigenvalue weighted by atomic mass is 9.57. The van der Waals surface area contributed by atoms with Crippen molar-refractivity contribution in [1.29, 1.82) is 0 Å². The number of nitrogens with zero attached hydrogens (tertiary/aromatic N) is 1. The lowest BCUT2D eigenvalue weighted by Gasteiger charge is -2.53. The van der Waals surface area contributed by atoms with E-state index in [-0.39, 0.29) is 23.8 Å². The topological polar surface area (TPSA) is 58.6 Å². The van der Waals surface area contributed by atoms with Gasteiger partial charge in [0.1, 0.15) is 12.4 Å². The largest absolute Gasteiger partial charge is 0.492 e. The van der Waals surface area contributed by atoms with Gasteiger partial charge < -0.3 is 4.74 Å². The van der Waals surface area contributed by atoms with Gasteiger partial charge in [0.25, 0.3) is 0 Å². The molecule has 0 aromatic heterocycles. The average molecular weight is 491 g/mol. The number of unbranched alkanes of at least 4 members (excludes halogenated alkanes) is 1. The Bertz CT molecular complexity index is 1050. The first-order chi connectivity index (χ1) is 15.8. The normalized spacial score (nSPS) is 20.2. The number of ether oxygens (including phenoxy) is 1. The third-order valence-electron chi connectivity index (χ3n) is 7.23. The number of sulfonamides is 1. The Morgan fingerprint density at radius 1 is 1.18 bits per heavy atom. The van der Waals surface area contributed by atoms with Crippen molar-refractivity contribution in [2.45, 2.75) is 56.9 Å². The van der Waals surface area contributed by atoms with E-state index in [1.54, 1.807) is 0 Å². The maximum atomic E-state index is 12.0. The molecule has 0 amide bonds. The van der Waals surface area contributed by atoms with Crippen LogP contribution in [0, 0.1) is 0 Å². The predicted octanol–water partition coefficient (Wildman–Crippen LogP) is 5.09. The van der Waals surface area contributed by atoms with Crippen LogP contribution in [-0.4, -0.2) is 45.8 Å². The van der Waals surface area contributed by atoms with Gasteiger partial charge in [0.05, 0.1) is 5.75 Å². The summed E-state index contributed by atoms with van der Waals surface area (Å²) in [6, 6.07) is 15.0. The summed E-state index contributed by atoms with van der Waals surface area (Å²) in [6.07, 6.45) is 6.11. The van der Waals surface area contributed by atoms with E-state index >= 15 is 0 Å². The van der Waals surface area contributed by atoms with E-state index in [4.69, 9.17) is 16.3 Å². The Balaban J connectivity index is 1.51. The van der Waals surface area contributed by atoms with Crippen LogP contribution in [0.5, 0.6) is 5.75 Å². The molecule has 0 spiro atoms. The van der Waals surface area contributed by atoms with E-state index < -0.39 is 10.0 Å². The summed E-state index contributed by atoms with van der Waals surface area (Å²) in [5.41, 5.74) is 4.16. The van der Waals surface area contributed by atoms with Crippen LogP contribution in [-0.2, 0) is 21.9 Å². The maximum Gasteiger partial charge on any atom is 0.211 e. The fourth-order valence-corrected chi connectivity index (χ4v) is 6.69. The zero-order valence-electron chi connectivity index (χ0n) is 19.6. The van der Waals surface area contributed by atoms with Gasteiger partial charge in [0.15, 0.2) is 0 Å². The highest BCUT2D eigenvalue weighted by molar-refractivity contribution is 7.89. The Labute approximate surface area is 203 Å². The Morgan fingerprint density at radius 3 is 2.61 bits per heavy atom. The highest BCUT2D eigenvalue weighted by Gasteiger charge is 2.49. The van der Waals surface area contributed by atoms with Crippen molar-refractivity contribution in [2.24, 2.45) is 0 Å². The summed E-state index contributed by atoms with van der Waals surface area (Å²) in [7, 11) is -0.999. The number of hydrogen-bond donors (Lipinski definition) is 1. The van der Waals surface area contributed by atoms with Gasteiger partial charge >= 0.3 is 0 Å². The molecule has 1 aliphatic heterocycles. The van der Waals surface area contributed by atoms with Gasteiger partial charge in [-0.3, -0.25) is 4.90 Å². The molecule has 2 aromatic rings. The summed E-state index contributed by atoms with van der Waals surface area (Å²) in [6.45, 7) is 3.61. The first-order valence-electron chi connectivity index (χ1n) is 12.0. The number of hydrogen-bond acceptors (Lipinski definition) is 4. The van der Waals surface area contributed by atoms with E-state index in [0.717, 1.165) is 43.0 Å². The second kappa shape index (κ2) is 10.3. The number of rotatable bonds is 10. The van der Waals surface area contributed by atoms with Crippen molar-refractivity contribution >= 4 is 21.6 Å². The molecule has 0 bridgehead atoms. The van der Waals surface area contributed by atoms with E-state index in [9.17, 15) is 8.42 Å². The van der Waals surface area contributed by atoms with Crippen molar-refractivity contribution in [1.82, 2.24) is 9.62 Å². The van der Waals surface area contributed by atoms with Gasteiger partial charge in [0, 0.05) is 29.6 Å². The van der Waals surface area contributed by atoms with Crippen LogP contribution in [0.3, 0.4) is 0 Å². The highest BCUT2D eigenvalue weighted by Crippen LogP contribution is 2.56. The van der Waals surface area contributed by atoms with Gasteiger partial charge in [-0.05, 0) is 73.7 Å². The molecule has 0 radical (unpaired) electrons. The Morgan fingerprint density at radius 2 is 1.94 bits per heavy atom. The smallest absolute Gasteiger partial charge is 0.211 e. The number of halogens is 1. The SMILES string of the molecule is CCCCS(=O)(=O)NCCOc1ccc2c(c1)C(C1(c3ccc(Cl)cc3)CCC1)N(C)CC2. The molecule has 0 saturated heterocycles. The number of benzene rings is 2. The molecule has 1 heterocycles. The quantitative estimate of drug-likeness (QED) is 0.471. The first kappa shape index (κ1) is 24.5. The lowest BCUT2D eigenvalue weighted by Crippen LogP contribution is -2.49. The number of fused-ring (bicyclic) bond motifs is 1. The molecule has 1 N–H and O–H groups in total. The van der Waals surface area contributed by atoms with Gasteiger partial charge in [-0.15, -0.1) is 0 Å². The van der Waals surface area contributed by atoms with Crippen molar-refractivity contribution < 1.29 is 13.2 Å². The van der Waals surface area contributed by atoms with Crippen molar-refractivity contribution in [3.05, 3.63) is 64.2 Å². The molecule has 2 aliphatic rings. The molecule has 1 fully saturated rings. The summed E-state index contributed by atoms with van der Waals surface area (Å²) in [4.78, 5) is 2.49. The molecule has 1 unspecified atom stereocenters. The van der Waals surface area contributed by atoms with Crippen LogP contribution in [0.2, 0.25) is 5.02 Å². The van der Waals surface area contributed by atoms with Crippen molar-refractivity contribution in [2.75, 3.05) is 32.5 Å². The molecule has 1 aliphatic carbocycles. The van der Waals surface area contributed by atoms with E-state index in [1.165, 1.54) is 23.1 Å². The molecular weight excluding hydrogens is 456 g/mol. The molecule has 7 heteroatoms. The van der Waals surface area contributed by atoms with Gasteiger partial charge in [-0.25, -0.2) is 13.1 Å². The predicted molar refractivity (Wildman–Crippen MR) is 135 cm³/mol. The molecular formula is C26H35ClN2O3S. The third kappa shape index (κ3) is 5.40. The summed E-state index contributed by atoms with van der Waals surface area (Å²) < 4.78 is 32.6. The first-order valence-corrected chi connectivity index (χ1v) is 14.1. The monoisotopic (exact) mass is 490 g/mol. The van der Waals surface area contributed by atoms with E-state index in [2.05, 4.69) is 40.9 Å². The van der Waals surface area contributed by atoms with Gasteiger partial charge in [-0.2, -0.15) is 0 Å². The zero-order valence-corrected chi connectivity index (χ0v) is 21.2. The third-order valence-corrected chi connectivity index (χ3v) is 8.96. The fraction of sp³-hybridized carbons (Fsp3) is 0.538. The van der Waals surface area contributed by atoms with Crippen LogP contribution in [0.15, 0.2) is 42.5 Å². The van der Waals surface area contributed by atoms with Crippen LogP contribution in [0.25, 0.3) is 0 Å². The second-order valence-electron chi connectivity index (χ2n) is 9.43. The minimum Gasteiger partial charge on any atom is -0.492 e. The molecule has 2 aromatic carbocycles. The van der Waals surface area contributed by atoms with Crippen LogP contribution < -0.4 is 9.46 Å². The Hall–Kier alpha value is -1.60. The lowest BCUT2D eigenvalue weighted by molar-refractivity contribution is 0.0715. The summed E-state index contributed by atoms with van der Waals surface area (Å²) >= 11 is 6.18. The fourth-order valence-electron chi connectivity index (χ4n) is 5.36. The molecule has 4 rings (SSSR count).